The Hall–Kier alpha value is -1.32. The molecule has 0 heterocycles. The monoisotopic (exact) mass is 306 g/mol. The Kier molecular flexibility index (Phi) is 4.39. The SMILES string of the molecule is Cc1ccc(COc2ccc(Br)c(CO)c2)cc1. The third-order valence-corrected chi connectivity index (χ3v) is 3.49. The number of rotatable bonds is 4. The van der Waals surface area contributed by atoms with E-state index < -0.39 is 0 Å². The van der Waals surface area contributed by atoms with E-state index in [-0.39, 0.29) is 6.61 Å². The Bertz CT molecular complexity index is 521. The van der Waals surface area contributed by atoms with Crippen molar-refractivity contribution in [1.82, 2.24) is 0 Å². The summed E-state index contributed by atoms with van der Waals surface area (Å²) < 4.78 is 6.59. The van der Waals surface area contributed by atoms with Crippen LogP contribution in [-0.4, -0.2) is 5.11 Å². The molecule has 2 aromatic rings. The Balaban J connectivity index is 2.04. The maximum Gasteiger partial charge on any atom is 0.120 e. The van der Waals surface area contributed by atoms with Crippen molar-refractivity contribution in [1.29, 1.82) is 0 Å². The number of aliphatic hydroxyl groups excluding tert-OH is 1. The quantitative estimate of drug-likeness (QED) is 0.930. The molecule has 0 aliphatic heterocycles. The summed E-state index contributed by atoms with van der Waals surface area (Å²) >= 11 is 3.38. The van der Waals surface area contributed by atoms with Crippen LogP contribution >= 0.6 is 15.9 Å². The van der Waals surface area contributed by atoms with Crippen LogP contribution in [0.2, 0.25) is 0 Å². The first-order chi connectivity index (χ1) is 8.69. The molecule has 0 aliphatic carbocycles. The molecule has 1 N–H and O–H groups in total. The Labute approximate surface area is 115 Å². The van der Waals surface area contributed by atoms with Crippen molar-refractivity contribution in [3.63, 3.8) is 0 Å². The lowest BCUT2D eigenvalue weighted by atomic mass is 10.2. The molecule has 2 aromatic carbocycles. The average molecular weight is 307 g/mol. The van der Waals surface area contributed by atoms with Gasteiger partial charge in [0.15, 0.2) is 0 Å². The highest BCUT2D eigenvalue weighted by Crippen LogP contribution is 2.23. The fourth-order valence-corrected chi connectivity index (χ4v) is 1.99. The zero-order chi connectivity index (χ0) is 13.0. The molecule has 0 bridgehead atoms. The molecule has 94 valence electrons. The average Bonchev–Trinajstić information content (AvgIpc) is 2.39. The van der Waals surface area contributed by atoms with E-state index in [1.54, 1.807) is 0 Å². The first-order valence-corrected chi connectivity index (χ1v) is 6.56. The zero-order valence-corrected chi connectivity index (χ0v) is 11.8. The van der Waals surface area contributed by atoms with Gasteiger partial charge in [0, 0.05) is 4.47 Å². The van der Waals surface area contributed by atoms with Crippen molar-refractivity contribution in [3.8, 4) is 5.75 Å². The second kappa shape index (κ2) is 6.03. The van der Waals surface area contributed by atoms with Gasteiger partial charge in [0.05, 0.1) is 6.61 Å². The minimum absolute atomic E-state index is 0.00230. The van der Waals surface area contributed by atoms with Crippen molar-refractivity contribution in [2.45, 2.75) is 20.1 Å². The van der Waals surface area contributed by atoms with Gasteiger partial charge in [0.2, 0.25) is 0 Å². The fraction of sp³-hybridized carbons (Fsp3) is 0.200. The van der Waals surface area contributed by atoms with Crippen LogP contribution in [0.3, 0.4) is 0 Å². The second-order valence-corrected chi connectivity index (χ2v) is 5.04. The number of ether oxygens (including phenoxy) is 1. The third kappa shape index (κ3) is 3.34. The lowest BCUT2D eigenvalue weighted by Crippen LogP contribution is -1.96. The van der Waals surface area contributed by atoms with Gasteiger partial charge in [-0.15, -0.1) is 0 Å². The van der Waals surface area contributed by atoms with Crippen LogP contribution in [0, 0.1) is 6.92 Å². The van der Waals surface area contributed by atoms with E-state index in [1.165, 1.54) is 5.56 Å². The predicted molar refractivity (Wildman–Crippen MR) is 75.6 cm³/mol. The summed E-state index contributed by atoms with van der Waals surface area (Å²) in [7, 11) is 0. The minimum atomic E-state index is 0.00230. The number of benzene rings is 2. The highest BCUT2D eigenvalue weighted by Gasteiger charge is 2.02. The Morgan fingerprint density at radius 3 is 2.50 bits per heavy atom. The molecule has 3 heteroatoms. The maximum absolute atomic E-state index is 9.17. The Morgan fingerprint density at radius 2 is 1.83 bits per heavy atom. The minimum Gasteiger partial charge on any atom is -0.489 e. The molecule has 0 atom stereocenters. The molecular formula is C15H15BrO2. The fourth-order valence-electron chi connectivity index (χ4n) is 1.61. The van der Waals surface area contributed by atoms with Crippen LogP contribution in [0.1, 0.15) is 16.7 Å². The summed E-state index contributed by atoms with van der Waals surface area (Å²) in [6, 6.07) is 13.9. The molecule has 0 aromatic heterocycles. The molecule has 0 saturated carbocycles. The largest absolute Gasteiger partial charge is 0.489 e. The number of hydrogen-bond acceptors (Lipinski definition) is 2. The number of hydrogen-bond donors (Lipinski definition) is 1. The lowest BCUT2D eigenvalue weighted by Gasteiger charge is -2.09. The zero-order valence-electron chi connectivity index (χ0n) is 10.2. The van der Waals surface area contributed by atoms with Gasteiger partial charge in [-0.3, -0.25) is 0 Å². The first-order valence-electron chi connectivity index (χ1n) is 5.76. The normalized spacial score (nSPS) is 10.4. The molecular weight excluding hydrogens is 292 g/mol. The maximum atomic E-state index is 9.17. The first kappa shape index (κ1) is 13.1. The van der Waals surface area contributed by atoms with Gasteiger partial charge in [-0.05, 0) is 36.2 Å². The van der Waals surface area contributed by atoms with Gasteiger partial charge >= 0.3 is 0 Å². The van der Waals surface area contributed by atoms with Crippen LogP contribution in [0.25, 0.3) is 0 Å². The van der Waals surface area contributed by atoms with E-state index in [1.807, 2.05) is 18.2 Å². The summed E-state index contributed by atoms with van der Waals surface area (Å²) in [5.74, 6) is 0.767. The van der Waals surface area contributed by atoms with Gasteiger partial charge in [0.25, 0.3) is 0 Å². The van der Waals surface area contributed by atoms with Crippen LogP contribution in [0.5, 0.6) is 5.75 Å². The molecule has 2 nitrogen and oxygen atoms in total. The van der Waals surface area contributed by atoms with Crippen LogP contribution in [0.15, 0.2) is 46.9 Å². The number of aliphatic hydroxyl groups is 1. The van der Waals surface area contributed by atoms with E-state index in [0.29, 0.717) is 6.61 Å². The van der Waals surface area contributed by atoms with E-state index in [2.05, 4.69) is 47.1 Å². The van der Waals surface area contributed by atoms with E-state index in [4.69, 9.17) is 4.74 Å². The van der Waals surface area contributed by atoms with Crippen molar-refractivity contribution in [2.24, 2.45) is 0 Å². The highest BCUT2D eigenvalue weighted by molar-refractivity contribution is 9.10. The van der Waals surface area contributed by atoms with Crippen molar-refractivity contribution >= 4 is 15.9 Å². The Morgan fingerprint density at radius 1 is 1.11 bits per heavy atom. The van der Waals surface area contributed by atoms with Crippen LogP contribution in [0.4, 0.5) is 0 Å². The van der Waals surface area contributed by atoms with Crippen molar-refractivity contribution in [2.75, 3.05) is 0 Å². The van der Waals surface area contributed by atoms with Gasteiger partial charge in [-0.2, -0.15) is 0 Å². The van der Waals surface area contributed by atoms with E-state index in [0.717, 1.165) is 21.3 Å². The number of aryl methyl sites for hydroxylation is 1. The topological polar surface area (TPSA) is 29.5 Å². The molecule has 0 fully saturated rings. The molecule has 2 rings (SSSR count). The summed E-state index contributed by atoms with van der Waals surface area (Å²) in [4.78, 5) is 0. The van der Waals surface area contributed by atoms with Gasteiger partial charge < -0.3 is 9.84 Å². The van der Waals surface area contributed by atoms with Crippen LogP contribution in [-0.2, 0) is 13.2 Å². The molecule has 0 saturated heterocycles. The smallest absolute Gasteiger partial charge is 0.120 e. The molecule has 0 amide bonds. The second-order valence-electron chi connectivity index (χ2n) is 4.19. The van der Waals surface area contributed by atoms with E-state index in [9.17, 15) is 5.11 Å². The van der Waals surface area contributed by atoms with Crippen molar-refractivity contribution < 1.29 is 9.84 Å². The summed E-state index contributed by atoms with van der Waals surface area (Å²) in [5.41, 5.74) is 3.20. The van der Waals surface area contributed by atoms with Crippen LogP contribution < -0.4 is 4.74 Å². The lowest BCUT2D eigenvalue weighted by molar-refractivity contribution is 0.277. The molecule has 18 heavy (non-hydrogen) atoms. The van der Waals surface area contributed by atoms with E-state index >= 15 is 0 Å². The highest BCUT2D eigenvalue weighted by atomic mass is 79.9. The summed E-state index contributed by atoms with van der Waals surface area (Å²) in [6.07, 6.45) is 0. The molecule has 0 aliphatic rings. The predicted octanol–water partition coefficient (Wildman–Crippen LogP) is 3.83. The van der Waals surface area contributed by atoms with Crippen molar-refractivity contribution in [3.05, 3.63) is 63.6 Å². The standard InChI is InChI=1S/C15H15BrO2/c1-11-2-4-12(5-3-11)10-18-14-6-7-15(16)13(8-14)9-17/h2-8,17H,9-10H2,1H3. The van der Waals surface area contributed by atoms with Gasteiger partial charge in [-0.1, -0.05) is 45.8 Å². The van der Waals surface area contributed by atoms with Gasteiger partial charge in [0.1, 0.15) is 12.4 Å². The summed E-state index contributed by atoms with van der Waals surface area (Å²) in [6.45, 7) is 2.60. The summed E-state index contributed by atoms with van der Waals surface area (Å²) in [5, 5.41) is 9.17. The van der Waals surface area contributed by atoms with Gasteiger partial charge in [-0.25, -0.2) is 0 Å². The molecule has 0 unspecified atom stereocenters. The molecule has 0 radical (unpaired) electrons. The number of halogens is 1. The molecule has 0 spiro atoms. The third-order valence-electron chi connectivity index (χ3n) is 2.71.